The number of anilines is 1. The summed E-state index contributed by atoms with van der Waals surface area (Å²) in [6.07, 6.45) is 0.876. The van der Waals surface area contributed by atoms with Crippen LogP contribution in [-0.4, -0.2) is 17.9 Å². The van der Waals surface area contributed by atoms with Gasteiger partial charge in [0.2, 0.25) is 11.8 Å². The van der Waals surface area contributed by atoms with Crippen molar-refractivity contribution >= 4 is 40.1 Å². The maximum atomic E-state index is 12.9. The van der Waals surface area contributed by atoms with E-state index in [9.17, 15) is 14.0 Å². The number of amides is 2. The summed E-state index contributed by atoms with van der Waals surface area (Å²) in [6.45, 7) is 0. The largest absolute Gasteiger partial charge is 0.344 e. The second-order valence-electron chi connectivity index (χ2n) is 3.77. The molecular weight excluding hydrogens is 338 g/mol. The van der Waals surface area contributed by atoms with Crippen LogP contribution in [0.25, 0.3) is 0 Å². The average Bonchev–Trinajstić information content (AvgIpc) is 2.69. The molecule has 1 aromatic rings. The van der Waals surface area contributed by atoms with Gasteiger partial charge in [-0.3, -0.25) is 9.59 Å². The van der Waals surface area contributed by atoms with E-state index in [1.54, 1.807) is 0 Å². The molecular formula is C11H10FIN2O2. The maximum Gasteiger partial charge on any atom is 0.246 e. The van der Waals surface area contributed by atoms with Crippen LogP contribution in [0.4, 0.5) is 10.1 Å². The highest BCUT2D eigenvalue weighted by atomic mass is 127. The number of hydrogen-bond acceptors (Lipinski definition) is 2. The summed E-state index contributed by atoms with van der Waals surface area (Å²) in [5.74, 6) is -0.721. The summed E-state index contributed by atoms with van der Waals surface area (Å²) in [7, 11) is 0. The van der Waals surface area contributed by atoms with Gasteiger partial charge in [0.25, 0.3) is 0 Å². The monoisotopic (exact) mass is 348 g/mol. The first kappa shape index (κ1) is 12.3. The Morgan fingerprint density at radius 3 is 2.88 bits per heavy atom. The lowest BCUT2D eigenvalue weighted by atomic mass is 10.2. The highest BCUT2D eigenvalue weighted by Crippen LogP contribution is 2.20. The summed E-state index contributed by atoms with van der Waals surface area (Å²) < 4.78 is 13.5. The third kappa shape index (κ3) is 2.93. The van der Waals surface area contributed by atoms with Crippen molar-refractivity contribution in [2.24, 2.45) is 0 Å². The number of rotatable bonds is 2. The number of carbonyl (C=O) groups excluding carboxylic acids is 2. The standard InChI is InChI=1S/C11H10FIN2O2/c12-6-1-2-8(7(13)5-6)15-11(17)9-3-4-10(16)14-9/h1-2,5,9H,3-4H2,(H,14,16)(H,15,17). The Hall–Kier alpha value is -1.18. The van der Waals surface area contributed by atoms with Gasteiger partial charge in [-0.1, -0.05) is 0 Å². The molecule has 6 heteroatoms. The Labute approximate surface area is 111 Å². The van der Waals surface area contributed by atoms with Crippen LogP contribution >= 0.6 is 22.6 Å². The second kappa shape index (κ2) is 4.99. The highest BCUT2D eigenvalue weighted by Gasteiger charge is 2.27. The number of halogens is 2. The van der Waals surface area contributed by atoms with Crippen LogP contribution in [0.15, 0.2) is 18.2 Å². The van der Waals surface area contributed by atoms with Gasteiger partial charge >= 0.3 is 0 Å². The predicted molar refractivity (Wildman–Crippen MR) is 68.9 cm³/mol. The van der Waals surface area contributed by atoms with Gasteiger partial charge in [-0.2, -0.15) is 0 Å². The molecule has 2 amide bonds. The molecule has 0 radical (unpaired) electrons. The molecule has 2 N–H and O–H groups in total. The van der Waals surface area contributed by atoms with E-state index >= 15 is 0 Å². The van der Waals surface area contributed by atoms with Crippen LogP contribution in [0, 0.1) is 9.39 Å². The van der Waals surface area contributed by atoms with Crippen molar-refractivity contribution < 1.29 is 14.0 Å². The third-order valence-electron chi connectivity index (χ3n) is 2.50. The number of nitrogens with one attached hydrogen (secondary N) is 2. The Kier molecular flexibility index (Phi) is 3.60. The highest BCUT2D eigenvalue weighted by molar-refractivity contribution is 14.1. The molecule has 1 atom stereocenters. The quantitative estimate of drug-likeness (QED) is 0.799. The summed E-state index contributed by atoms with van der Waals surface area (Å²) in [4.78, 5) is 22.8. The molecule has 0 spiro atoms. The molecule has 0 aromatic heterocycles. The average molecular weight is 348 g/mol. The van der Waals surface area contributed by atoms with Crippen molar-refractivity contribution in [3.63, 3.8) is 0 Å². The van der Waals surface area contributed by atoms with Gasteiger partial charge < -0.3 is 10.6 Å². The summed E-state index contributed by atoms with van der Waals surface area (Å²) in [5.41, 5.74) is 0.554. The first-order chi connectivity index (χ1) is 8.06. The zero-order valence-electron chi connectivity index (χ0n) is 8.80. The van der Waals surface area contributed by atoms with Crippen LogP contribution < -0.4 is 10.6 Å². The van der Waals surface area contributed by atoms with Gasteiger partial charge in [0, 0.05) is 9.99 Å². The number of benzene rings is 1. The molecule has 0 bridgehead atoms. The van der Waals surface area contributed by atoms with E-state index < -0.39 is 6.04 Å². The number of carbonyl (C=O) groups is 2. The maximum absolute atomic E-state index is 12.9. The number of hydrogen-bond donors (Lipinski definition) is 2. The predicted octanol–water partition coefficient (Wildman–Crippen LogP) is 1.65. The van der Waals surface area contributed by atoms with Crippen molar-refractivity contribution in [2.45, 2.75) is 18.9 Å². The molecule has 1 aliphatic heterocycles. The topological polar surface area (TPSA) is 58.2 Å². The molecule has 2 rings (SSSR count). The lowest BCUT2D eigenvalue weighted by Crippen LogP contribution is -2.37. The van der Waals surface area contributed by atoms with Crippen LogP contribution in [0.5, 0.6) is 0 Å². The fraction of sp³-hybridized carbons (Fsp3) is 0.273. The fourth-order valence-electron chi connectivity index (χ4n) is 1.62. The summed E-state index contributed by atoms with van der Waals surface area (Å²) in [5, 5.41) is 5.25. The van der Waals surface area contributed by atoms with Gasteiger partial charge in [0.1, 0.15) is 11.9 Å². The van der Waals surface area contributed by atoms with E-state index in [1.807, 2.05) is 22.6 Å². The zero-order valence-corrected chi connectivity index (χ0v) is 11.0. The van der Waals surface area contributed by atoms with E-state index in [2.05, 4.69) is 10.6 Å². The molecule has 1 aliphatic rings. The Bertz CT molecular complexity index is 479. The Morgan fingerprint density at radius 1 is 1.53 bits per heavy atom. The van der Waals surface area contributed by atoms with Crippen LogP contribution in [0.3, 0.4) is 0 Å². The van der Waals surface area contributed by atoms with Crippen LogP contribution in [-0.2, 0) is 9.59 Å². The minimum atomic E-state index is -0.483. The molecule has 1 fully saturated rings. The van der Waals surface area contributed by atoms with Gasteiger partial charge in [-0.15, -0.1) is 0 Å². The molecule has 90 valence electrons. The van der Waals surface area contributed by atoms with Crippen molar-refractivity contribution in [1.82, 2.24) is 5.32 Å². The first-order valence-electron chi connectivity index (χ1n) is 5.11. The molecule has 1 saturated heterocycles. The Balaban J connectivity index is 2.05. The molecule has 1 aromatic carbocycles. The molecule has 17 heavy (non-hydrogen) atoms. The summed E-state index contributed by atoms with van der Waals surface area (Å²) in [6, 6.07) is 3.64. The lowest BCUT2D eigenvalue weighted by molar-refractivity contribution is -0.122. The third-order valence-corrected chi connectivity index (χ3v) is 3.39. The zero-order chi connectivity index (χ0) is 12.4. The SMILES string of the molecule is O=C1CCC(C(=O)Nc2ccc(F)cc2I)N1. The van der Waals surface area contributed by atoms with E-state index in [1.165, 1.54) is 18.2 Å². The molecule has 4 nitrogen and oxygen atoms in total. The van der Waals surface area contributed by atoms with Crippen molar-refractivity contribution in [1.29, 1.82) is 0 Å². The minimum Gasteiger partial charge on any atom is -0.344 e. The van der Waals surface area contributed by atoms with Crippen LogP contribution in [0.1, 0.15) is 12.8 Å². The normalized spacial score (nSPS) is 18.9. The first-order valence-corrected chi connectivity index (χ1v) is 6.19. The molecule has 0 saturated carbocycles. The van der Waals surface area contributed by atoms with Gasteiger partial charge in [-0.25, -0.2) is 4.39 Å². The Morgan fingerprint density at radius 2 is 2.29 bits per heavy atom. The smallest absolute Gasteiger partial charge is 0.246 e. The van der Waals surface area contributed by atoms with Crippen molar-refractivity contribution in [3.05, 3.63) is 27.6 Å². The van der Waals surface area contributed by atoms with E-state index in [0.29, 0.717) is 22.1 Å². The second-order valence-corrected chi connectivity index (χ2v) is 4.93. The van der Waals surface area contributed by atoms with Crippen molar-refractivity contribution in [3.8, 4) is 0 Å². The summed E-state index contributed by atoms with van der Waals surface area (Å²) >= 11 is 1.94. The van der Waals surface area contributed by atoms with E-state index in [-0.39, 0.29) is 17.6 Å². The van der Waals surface area contributed by atoms with E-state index in [4.69, 9.17) is 0 Å². The fourth-order valence-corrected chi connectivity index (χ4v) is 2.23. The van der Waals surface area contributed by atoms with Gasteiger partial charge in [0.15, 0.2) is 0 Å². The molecule has 0 aliphatic carbocycles. The van der Waals surface area contributed by atoms with Gasteiger partial charge in [0.05, 0.1) is 5.69 Å². The van der Waals surface area contributed by atoms with Crippen LogP contribution in [0.2, 0.25) is 0 Å². The van der Waals surface area contributed by atoms with Gasteiger partial charge in [-0.05, 0) is 47.2 Å². The van der Waals surface area contributed by atoms with E-state index in [0.717, 1.165) is 0 Å². The minimum absolute atomic E-state index is 0.112. The van der Waals surface area contributed by atoms with Crippen molar-refractivity contribution in [2.75, 3.05) is 5.32 Å². The lowest BCUT2D eigenvalue weighted by Gasteiger charge is -2.12. The molecule has 1 unspecified atom stereocenters. The molecule has 1 heterocycles.